The second-order valence-electron chi connectivity index (χ2n) is 7.59. The number of benzene rings is 4. The van der Waals surface area contributed by atoms with Crippen molar-refractivity contribution in [3.63, 3.8) is 0 Å². The van der Waals surface area contributed by atoms with E-state index in [-0.39, 0.29) is 5.75 Å². The van der Waals surface area contributed by atoms with Crippen LogP contribution < -0.4 is 14.9 Å². The maximum absolute atomic E-state index is 12.8. The number of amides is 1. The van der Waals surface area contributed by atoms with Gasteiger partial charge in [-0.05, 0) is 53.6 Å². The zero-order valence-corrected chi connectivity index (χ0v) is 19.0. The van der Waals surface area contributed by atoms with Crippen LogP contribution in [0.4, 0.5) is 0 Å². The highest BCUT2D eigenvalue weighted by molar-refractivity contribution is 6.04. The number of aliphatic hydroxyl groups excluding tert-OH is 1. The molecule has 0 saturated heterocycles. The van der Waals surface area contributed by atoms with Gasteiger partial charge in [-0.25, -0.2) is 10.2 Å². The van der Waals surface area contributed by atoms with E-state index in [9.17, 15) is 14.7 Å². The lowest BCUT2D eigenvalue weighted by molar-refractivity contribution is -0.129. The van der Waals surface area contributed by atoms with Crippen molar-refractivity contribution >= 4 is 28.9 Å². The first-order valence-corrected chi connectivity index (χ1v) is 11.1. The fourth-order valence-electron chi connectivity index (χ4n) is 3.52. The van der Waals surface area contributed by atoms with Crippen molar-refractivity contribution in [1.29, 1.82) is 0 Å². The van der Waals surface area contributed by atoms with Crippen LogP contribution in [0.2, 0.25) is 0 Å². The van der Waals surface area contributed by atoms with Crippen molar-refractivity contribution in [2.24, 2.45) is 5.10 Å². The van der Waals surface area contributed by atoms with Gasteiger partial charge < -0.3 is 14.6 Å². The Labute approximate surface area is 202 Å². The van der Waals surface area contributed by atoms with Crippen LogP contribution in [-0.4, -0.2) is 29.8 Å². The summed E-state index contributed by atoms with van der Waals surface area (Å²) < 4.78 is 11.1. The van der Waals surface area contributed by atoms with Crippen LogP contribution in [-0.2, 0) is 4.79 Å². The molecule has 0 aliphatic heterocycles. The monoisotopic (exact) mass is 468 g/mol. The number of aliphatic hydroxyl groups is 1. The number of hydrazone groups is 1. The van der Waals surface area contributed by atoms with Gasteiger partial charge in [-0.15, -0.1) is 0 Å². The fraction of sp³-hybridized carbons (Fsp3) is 0.107. The van der Waals surface area contributed by atoms with Crippen molar-refractivity contribution in [3.05, 3.63) is 108 Å². The van der Waals surface area contributed by atoms with Crippen LogP contribution in [0.1, 0.15) is 34.5 Å². The summed E-state index contributed by atoms with van der Waals surface area (Å²) in [6, 6.07) is 26.3. The average Bonchev–Trinajstić information content (AvgIpc) is 2.90. The van der Waals surface area contributed by atoms with Gasteiger partial charge in [0.2, 0.25) is 0 Å². The van der Waals surface area contributed by atoms with Gasteiger partial charge in [-0.1, -0.05) is 60.7 Å². The summed E-state index contributed by atoms with van der Waals surface area (Å²) in [5.41, 5.74) is 3.68. The molecule has 0 heterocycles. The van der Waals surface area contributed by atoms with E-state index in [1.807, 2.05) is 37.3 Å². The number of nitrogens with one attached hydrogen (secondary N) is 1. The number of esters is 1. The van der Waals surface area contributed by atoms with E-state index in [4.69, 9.17) is 9.47 Å². The first kappa shape index (κ1) is 23.7. The lowest BCUT2D eigenvalue weighted by Crippen LogP contribution is -2.25. The maximum atomic E-state index is 12.8. The third-order valence-electron chi connectivity index (χ3n) is 5.27. The second kappa shape index (κ2) is 11.1. The summed E-state index contributed by atoms with van der Waals surface area (Å²) in [7, 11) is 0. The number of hydrogen-bond acceptors (Lipinski definition) is 6. The highest BCUT2D eigenvalue weighted by Crippen LogP contribution is 2.27. The SMILES string of the molecule is CCOc1ccc(C(=O)Oc2ccc3ccccc3c2/C=N\NC(=O)[C@@H](O)c2ccccc2)cc1. The third-order valence-corrected chi connectivity index (χ3v) is 5.27. The van der Waals surface area contributed by atoms with Gasteiger partial charge >= 0.3 is 5.97 Å². The smallest absolute Gasteiger partial charge is 0.343 e. The van der Waals surface area contributed by atoms with Crippen molar-refractivity contribution in [2.75, 3.05) is 6.61 Å². The molecule has 0 saturated carbocycles. The molecule has 7 nitrogen and oxygen atoms in total. The highest BCUT2D eigenvalue weighted by atomic mass is 16.5. The van der Waals surface area contributed by atoms with Gasteiger partial charge in [0.15, 0.2) is 6.10 Å². The Morgan fingerprint density at radius 3 is 2.40 bits per heavy atom. The molecule has 0 aromatic heterocycles. The maximum Gasteiger partial charge on any atom is 0.343 e. The van der Waals surface area contributed by atoms with Gasteiger partial charge in [0.1, 0.15) is 11.5 Å². The number of nitrogens with zero attached hydrogens (tertiary/aromatic N) is 1. The molecule has 4 rings (SSSR count). The van der Waals surface area contributed by atoms with E-state index in [1.54, 1.807) is 60.7 Å². The quantitative estimate of drug-likeness (QED) is 0.170. The van der Waals surface area contributed by atoms with Crippen LogP contribution in [0, 0.1) is 0 Å². The summed E-state index contributed by atoms with van der Waals surface area (Å²) in [6.07, 6.45) is 0.0384. The molecule has 0 bridgehead atoms. The number of carbonyl (C=O) groups is 2. The van der Waals surface area contributed by atoms with E-state index in [0.29, 0.717) is 29.0 Å². The van der Waals surface area contributed by atoms with Crippen molar-refractivity contribution in [2.45, 2.75) is 13.0 Å². The molecule has 4 aromatic rings. The molecule has 0 radical (unpaired) electrons. The average molecular weight is 469 g/mol. The summed E-state index contributed by atoms with van der Waals surface area (Å²) in [5, 5.41) is 16.0. The molecule has 4 aromatic carbocycles. The molecule has 0 fully saturated rings. The van der Waals surface area contributed by atoms with Gasteiger partial charge in [0.05, 0.1) is 18.4 Å². The molecule has 0 aliphatic rings. The largest absolute Gasteiger partial charge is 0.494 e. The predicted octanol–water partition coefficient (Wildman–Crippen LogP) is 4.64. The molecule has 2 N–H and O–H groups in total. The lowest BCUT2D eigenvalue weighted by Gasteiger charge is -2.11. The summed E-state index contributed by atoms with van der Waals surface area (Å²) in [6.45, 7) is 2.41. The first-order chi connectivity index (χ1) is 17.1. The normalized spacial score (nSPS) is 11.8. The Bertz CT molecular complexity index is 1350. The molecular formula is C28H24N2O5. The topological polar surface area (TPSA) is 97.2 Å². The van der Waals surface area contributed by atoms with E-state index >= 15 is 0 Å². The zero-order valence-electron chi connectivity index (χ0n) is 19.0. The molecule has 1 amide bonds. The first-order valence-electron chi connectivity index (χ1n) is 11.1. The summed E-state index contributed by atoms with van der Waals surface area (Å²) >= 11 is 0. The van der Waals surface area contributed by atoms with Crippen LogP contribution in [0.5, 0.6) is 11.5 Å². The number of fused-ring (bicyclic) bond motifs is 1. The van der Waals surface area contributed by atoms with Crippen molar-refractivity contribution in [3.8, 4) is 11.5 Å². The molecular weight excluding hydrogens is 444 g/mol. The van der Waals surface area contributed by atoms with Gasteiger partial charge in [0.25, 0.3) is 5.91 Å². The minimum atomic E-state index is -1.36. The Morgan fingerprint density at radius 2 is 1.66 bits per heavy atom. The number of ether oxygens (including phenoxy) is 2. The summed E-state index contributed by atoms with van der Waals surface area (Å²) in [5.74, 6) is -0.276. The Hall–Kier alpha value is -4.49. The predicted molar refractivity (Wildman–Crippen MR) is 134 cm³/mol. The van der Waals surface area contributed by atoms with Crippen LogP contribution >= 0.6 is 0 Å². The van der Waals surface area contributed by atoms with Gasteiger partial charge in [-0.3, -0.25) is 4.79 Å². The molecule has 176 valence electrons. The Balaban J connectivity index is 1.56. The molecule has 0 unspecified atom stereocenters. The van der Waals surface area contributed by atoms with E-state index in [2.05, 4.69) is 10.5 Å². The van der Waals surface area contributed by atoms with Gasteiger partial charge in [-0.2, -0.15) is 5.10 Å². The second-order valence-corrected chi connectivity index (χ2v) is 7.59. The molecule has 1 atom stereocenters. The minimum absolute atomic E-state index is 0.282. The number of rotatable bonds is 8. The molecule has 7 heteroatoms. The van der Waals surface area contributed by atoms with E-state index in [1.165, 1.54) is 6.21 Å². The Kier molecular flexibility index (Phi) is 7.50. The molecule has 0 spiro atoms. The standard InChI is InChI=1S/C28H24N2O5/c1-2-34-22-15-12-21(13-16-22)28(33)35-25-17-14-19-8-6-7-11-23(19)24(25)18-29-30-27(32)26(31)20-9-4-3-5-10-20/h3-18,26,31H,2H2,1H3,(H,30,32)/b29-18-/t26-/m0/s1. The fourth-order valence-corrected chi connectivity index (χ4v) is 3.52. The minimum Gasteiger partial charge on any atom is -0.494 e. The Morgan fingerprint density at radius 1 is 0.943 bits per heavy atom. The number of hydrogen-bond donors (Lipinski definition) is 2. The van der Waals surface area contributed by atoms with Crippen LogP contribution in [0.3, 0.4) is 0 Å². The van der Waals surface area contributed by atoms with Crippen molar-refractivity contribution in [1.82, 2.24) is 5.43 Å². The molecule has 0 aliphatic carbocycles. The van der Waals surface area contributed by atoms with Crippen LogP contribution in [0.15, 0.2) is 96.1 Å². The van der Waals surface area contributed by atoms with Crippen LogP contribution in [0.25, 0.3) is 10.8 Å². The summed E-state index contributed by atoms with van der Waals surface area (Å²) in [4.78, 5) is 25.1. The highest BCUT2D eigenvalue weighted by Gasteiger charge is 2.17. The van der Waals surface area contributed by atoms with Gasteiger partial charge in [0, 0.05) is 5.56 Å². The lowest BCUT2D eigenvalue weighted by atomic mass is 10.0. The number of carbonyl (C=O) groups excluding carboxylic acids is 2. The zero-order chi connectivity index (χ0) is 24.6. The third kappa shape index (κ3) is 5.72. The van der Waals surface area contributed by atoms with Crippen molar-refractivity contribution < 1.29 is 24.2 Å². The van der Waals surface area contributed by atoms with E-state index < -0.39 is 18.0 Å². The molecule has 35 heavy (non-hydrogen) atoms. The van der Waals surface area contributed by atoms with E-state index in [0.717, 1.165) is 10.8 Å².